The van der Waals surface area contributed by atoms with Crippen LogP contribution in [0.4, 0.5) is 0 Å². The first-order valence-electron chi connectivity index (χ1n) is 11.9. The largest absolute Gasteiger partial charge is 0.469 e. The van der Waals surface area contributed by atoms with Gasteiger partial charge in [0, 0.05) is 36.3 Å². The molecule has 1 fully saturated rings. The summed E-state index contributed by atoms with van der Waals surface area (Å²) in [4.78, 5) is 30.5. The normalized spacial score (nSPS) is 29.3. The van der Waals surface area contributed by atoms with E-state index >= 15 is 0 Å². The van der Waals surface area contributed by atoms with Crippen LogP contribution in [0.25, 0.3) is 0 Å². The molecule has 0 spiro atoms. The van der Waals surface area contributed by atoms with Crippen molar-refractivity contribution in [3.05, 3.63) is 35.9 Å². The molecule has 0 N–H and O–H groups in total. The maximum Gasteiger partial charge on any atom is 0.306 e. The lowest BCUT2D eigenvalue weighted by Crippen LogP contribution is -2.68. The van der Waals surface area contributed by atoms with Gasteiger partial charge in [-0.2, -0.15) is 5.06 Å². The number of piperidine rings is 1. The number of hydrogen-bond donors (Lipinski definition) is 0. The lowest BCUT2D eigenvalue weighted by Gasteiger charge is -2.59. The van der Waals surface area contributed by atoms with Crippen LogP contribution in [0, 0.1) is 5.92 Å². The number of carbonyl (C=O) groups is 2. The van der Waals surface area contributed by atoms with Gasteiger partial charge in [0.05, 0.1) is 7.11 Å². The van der Waals surface area contributed by atoms with E-state index in [-0.39, 0.29) is 54.0 Å². The number of methoxy groups -OCH3 is 1. The Balaban J connectivity index is 2.18. The summed E-state index contributed by atoms with van der Waals surface area (Å²) in [5.41, 5.74) is 0.552. The fraction of sp³-hybridized carbons (Fsp3) is 0.692. The van der Waals surface area contributed by atoms with E-state index in [0.717, 1.165) is 18.4 Å². The molecule has 1 aliphatic heterocycles. The van der Waals surface area contributed by atoms with Crippen LogP contribution in [0.1, 0.15) is 91.7 Å². The Morgan fingerprint density at radius 3 is 2.28 bits per heavy atom. The van der Waals surface area contributed by atoms with Gasteiger partial charge in [-0.1, -0.05) is 51.1 Å². The molecule has 0 bridgehead atoms. The molecular formula is C26H41NO5. The van der Waals surface area contributed by atoms with Crippen molar-refractivity contribution in [1.82, 2.24) is 5.06 Å². The highest BCUT2D eigenvalue weighted by Crippen LogP contribution is 2.48. The van der Waals surface area contributed by atoms with Crippen molar-refractivity contribution in [3.8, 4) is 0 Å². The lowest BCUT2D eigenvalue weighted by molar-refractivity contribution is -0.336. The molecule has 0 radical (unpaired) electrons. The molecule has 0 amide bonds. The summed E-state index contributed by atoms with van der Waals surface area (Å²) in [5.74, 6) is -0.476. The maximum absolute atomic E-state index is 12.6. The molecule has 1 heterocycles. The zero-order valence-corrected chi connectivity index (χ0v) is 20.8. The smallest absolute Gasteiger partial charge is 0.306 e. The maximum atomic E-state index is 12.6. The highest BCUT2D eigenvalue weighted by atomic mass is 16.7. The van der Waals surface area contributed by atoms with Crippen LogP contribution in [0.3, 0.4) is 0 Å². The van der Waals surface area contributed by atoms with Gasteiger partial charge in [-0.05, 0) is 45.6 Å². The van der Waals surface area contributed by atoms with Crippen LogP contribution in [0.2, 0.25) is 0 Å². The summed E-state index contributed by atoms with van der Waals surface area (Å²) in [5, 5.41) is 2.20. The summed E-state index contributed by atoms with van der Waals surface area (Å²) in [6.45, 7) is 13.0. The third-order valence-electron chi connectivity index (χ3n) is 7.42. The molecule has 180 valence electrons. The van der Waals surface area contributed by atoms with Crippen molar-refractivity contribution in [2.45, 2.75) is 103 Å². The summed E-state index contributed by atoms with van der Waals surface area (Å²) >= 11 is 0. The van der Waals surface area contributed by atoms with Gasteiger partial charge in [-0.15, -0.1) is 0 Å². The van der Waals surface area contributed by atoms with Crippen LogP contribution in [0.15, 0.2) is 30.3 Å². The van der Waals surface area contributed by atoms with Gasteiger partial charge >= 0.3 is 11.9 Å². The zero-order valence-electron chi connectivity index (χ0n) is 20.8. The number of nitrogens with zero attached hydrogens (tertiary/aromatic N) is 1. The summed E-state index contributed by atoms with van der Waals surface area (Å²) in [7, 11) is 1.36. The van der Waals surface area contributed by atoms with Crippen LogP contribution in [-0.2, 0) is 23.9 Å². The Morgan fingerprint density at radius 2 is 1.72 bits per heavy atom. The van der Waals surface area contributed by atoms with Crippen molar-refractivity contribution in [2.75, 3.05) is 7.11 Å². The zero-order chi connectivity index (χ0) is 23.9. The monoisotopic (exact) mass is 447 g/mol. The summed E-state index contributed by atoms with van der Waals surface area (Å²) in [6, 6.07) is 10.2. The van der Waals surface area contributed by atoms with Crippen LogP contribution < -0.4 is 0 Å². The third kappa shape index (κ3) is 5.90. The molecule has 0 aliphatic carbocycles. The molecule has 1 saturated heterocycles. The van der Waals surface area contributed by atoms with E-state index < -0.39 is 0 Å². The Hall–Kier alpha value is -1.92. The highest BCUT2D eigenvalue weighted by Gasteiger charge is 2.55. The summed E-state index contributed by atoms with van der Waals surface area (Å²) < 4.78 is 10.6. The first-order chi connectivity index (χ1) is 15.1. The Bertz CT molecular complexity index is 754. The molecule has 1 aliphatic rings. The van der Waals surface area contributed by atoms with Gasteiger partial charge in [0.2, 0.25) is 0 Å². The Labute approximate surface area is 193 Å². The fourth-order valence-corrected chi connectivity index (χ4v) is 4.69. The second-order valence-electron chi connectivity index (χ2n) is 9.46. The lowest BCUT2D eigenvalue weighted by atomic mass is 9.69. The van der Waals surface area contributed by atoms with E-state index in [1.807, 2.05) is 18.2 Å². The highest BCUT2D eigenvalue weighted by molar-refractivity contribution is 5.72. The van der Waals surface area contributed by atoms with E-state index in [1.165, 1.54) is 7.11 Å². The van der Waals surface area contributed by atoms with Gasteiger partial charge in [0.1, 0.15) is 12.2 Å². The average Bonchev–Trinajstić information content (AvgIpc) is 2.80. The quantitative estimate of drug-likeness (QED) is 0.434. The molecule has 32 heavy (non-hydrogen) atoms. The van der Waals surface area contributed by atoms with Gasteiger partial charge in [0.25, 0.3) is 0 Å². The predicted octanol–water partition coefficient (Wildman–Crippen LogP) is 5.61. The van der Waals surface area contributed by atoms with Crippen molar-refractivity contribution < 1.29 is 23.9 Å². The van der Waals surface area contributed by atoms with E-state index in [1.54, 1.807) is 0 Å². The third-order valence-corrected chi connectivity index (χ3v) is 7.42. The van der Waals surface area contributed by atoms with E-state index in [9.17, 15) is 9.59 Å². The SMILES string of the molecule is CCC1(C)CC(OC(=O)CCCC(=O)OC)C(C)C(C)(CC)N1OC(C)c1ccccc1. The second-order valence-corrected chi connectivity index (χ2v) is 9.46. The van der Waals surface area contributed by atoms with Crippen molar-refractivity contribution >= 4 is 11.9 Å². The van der Waals surface area contributed by atoms with E-state index in [2.05, 4.69) is 63.5 Å². The minimum atomic E-state index is -0.304. The molecule has 5 atom stereocenters. The molecular weight excluding hydrogens is 406 g/mol. The summed E-state index contributed by atoms with van der Waals surface area (Å²) in [6.07, 6.45) is 3.02. The van der Waals surface area contributed by atoms with Crippen molar-refractivity contribution in [1.29, 1.82) is 0 Å². The van der Waals surface area contributed by atoms with Crippen LogP contribution in [0.5, 0.6) is 0 Å². The van der Waals surface area contributed by atoms with Gasteiger partial charge in [-0.3, -0.25) is 14.4 Å². The average molecular weight is 448 g/mol. The molecule has 1 aromatic rings. The number of carbonyl (C=O) groups excluding carboxylic acids is 2. The molecule has 6 nitrogen and oxygen atoms in total. The van der Waals surface area contributed by atoms with E-state index in [0.29, 0.717) is 12.8 Å². The minimum Gasteiger partial charge on any atom is -0.469 e. The van der Waals surface area contributed by atoms with Gasteiger partial charge in [-0.25, -0.2) is 0 Å². The van der Waals surface area contributed by atoms with Gasteiger partial charge in [0.15, 0.2) is 0 Å². The van der Waals surface area contributed by atoms with Crippen molar-refractivity contribution in [3.63, 3.8) is 0 Å². The number of hydroxylamine groups is 2. The molecule has 1 aromatic carbocycles. The number of rotatable bonds is 10. The van der Waals surface area contributed by atoms with E-state index in [4.69, 9.17) is 9.57 Å². The second kappa shape index (κ2) is 11.3. The number of hydrogen-bond acceptors (Lipinski definition) is 6. The first-order valence-corrected chi connectivity index (χ1v) is 11.9. The number of benzene rings is 1. The minimum absolute atomic E-state index is 0.0830. The molecule has 0 aromatic heterocycles. The topological polar surface area (TPSA) is 65.1 Å². The predicted molar refractivity (Wildman–Crippen MR) is 125 cm³/mol. The van der Waals surface area contributed by atoms with Crippen LogP contribution >= 0.6 is 0 Å². The fourth-order valence-electron chi connectivity index (χ4n) is 4.69. The molecule has 2 rings (SSSR count). The number of esters is 2. The van der Waals surface area contributed by atoms with Crippen molar-refractivity contribution in [2.24, 2.45) is 5.92 Å². The van der Waals surface area contributed by atoms with Gasteiger partial charge < -0.3 is 9.47 Å². The Kier molecular flexibility index (Phi) is 9.28. The Morgan fingerprint density at radius 1 is 1.09 bits per heavy atom. The standard InChI is InChI=1S/C26H41NO5/c1-8-25(5)18-22(31-24(29)17-13-16-23(28)30-7)19(3)26(6,9-2)27(25)32-20(4)21-14-11-10-12-15-21/h10-12,14-15,19-20,22H,8-9,13,16-18H2,1-7H3. The first kappa shape index (κ1) is 26.3. The van der Waals surface area contributed by atoms with Crippen LogP contribution in [-0.4, -0.2) is 41.3 Å². The molecule has 6 heteroatoms. The molecule has 0 saturated carbocycles. The number of ether oxygens (including phenoxy) is 2. The molecule has 5 unspecified atom stereocenters.